The van der Waals surface area contributed by atoms with Crippen molar-refractivity contribution >= 4 is 11.3 Å². The van der Waals surface area contributed by atoms with Gasteiger partial charge in [0.15, 0.2) is 0 Å². The van der Waals surface area contributed by atoms with Gasteiger partial charge in [0.2, 0.25) is 0 Å². The van der Waals surface area contributed by atoms with Crippen molar-refractivity contribution in [2.45, 2.75) is 58.3 Å². The molecule has 0 unspecified atom stereocenters. The van der Waals surface area contributed by atoms with E-state index in [0.29, 0.717) is 10.8 Å². The number of fused-ring (bicyclic) bond motifs is 1. The summed E-state index contributed by atoms with van der Waals surface area (Å²) in [7, 11) is 0. The van der Waals surface area contributed by atoms with E-state index in [4.69, 9.17) is 0 Å². The molecule has 0 amide bonds. The Balaban J connectivity index is 2.60. The molecule has 1 heterocycles. The molecule has 0 saturated heterocycles. The summed E-state index contributed by atoms with van der Waals surface area (Å²) in [5.41, 5.74) is 2.41. The van der Waals surface area contributed by atoms with Crippen molar-refractivity contribution in [1.29, 1.82) is 0 Å². The summed E-state index contributed by atoms with van der Waals surface area (Å²) < 4.78 is 0. The van der Waals surface area contributed by atoms with Gasteiger partial charge >= 0.3 is 0 Å². The second-order valence-corrected chi connectivity index (χ2v) is 7.12. The standard InChI is InChI=1S/C13H20S/c1-9-8-10-11(14-9)13(4,5)7-6-12(10,2)3/h8H,6-7H2,1-5H3. The lowest BCUT2D eigenvalue weighted by Gasteiger charge is -2.39. The molecular weight excluding hydrogens is 188 g/mol. The smallest absolute Gasteiger partial charge is 0.0142 e. The summed E-state index contributed by atoms with van der Waals surface area (Å²) in [6.07, 6.45) is 2.65. The van der Waals surface area contributed by atoms with Crippen molar-refractivity contribution in [3.63, 3.8) is 0 Å². The first kappa shape index (κ1) is 10.2. The third-order valence-corrected chi connectivity index (χ3v) is 4.99. The quantitative estimate of drug-likeness (QED) is 0.592. The van der Waals surface area contributed by atoms with Crippen LogP contribution in [-0.2, 0) is 10.8 Å². The van der Waals surface area contributed by atoms with Gasteiger partial charge in [-0.15, -0.1) is 11.3 Å². The Hall–Kier alpha value is -0.300. The van der Waals surface area contributed by atoms with Crippen LogP contribution in [0.15, 0.2) is 6.07 Å². The molecule has 1 aromatic rings. The topological polar surface area (TPSA) is 0 Å². The summed E-state index contributed by atoms with van der Waals surface area (Å²) in [6, 6.07) is 2.40. The first-order valence-electron chi connectivity index (χ1n) is 5.44. The Morgan fingerprint density at radius 3 is 2.21 bits per heavy atom. The second kappa shape index (κ2) is 2.85. The first-order valence-corrected chi connectivity index (χ1v) is 6.26. The maximum atomic E-state index is 2.40. The number of thiophene rings is 1. The molecule has 1 aliphatic carbocycles. The third kappa shape index (κ3) is 1.42. The van der Waals surface area contributed by atoms with Crippen LogP contribution in [0.3, 0.4) is 0 Å². The lowest BCUT2D eigenvalue weighted by atomic mass is 9.67. The van der Waals surface area contributed by atoms with Gasteiger partial charge < -0.3 is 0 Å². The van der Waals surface area contributed by atoms with E-state index in [-0.39, 0.29) is 0 Å². The Bertz CT molecular complexity index is 322. The maximum absolute atomic E-state index is 2.40. The predicted molar refractivity (Wildman–Crippen MR) is 64.3 cm³/mol. The van der Waals surface area contributed by atoms with Crippen LogP contribution in [0.5, 0.6) is 0 Å². The van der Waals surface area contributed by atoms with Crippen molar-refractivity contribution in [2.75, 3.05) is 0 Å². The number of hydrogen-bond donors (Lipinski definition) is 0. The highest BCUT2D eigenvalue weighted by molar-refractivity contribution is 7.12. The van der Waals surface area contributed by atoms with Crippen LogP contribution in [0.1, 0.15) is 55.9 Å². The molecule has 0 nitrogen and oxygen atoms in total. The average molecular weight is 208 g/mol. The van der Waals surface area contributed by atoms with Gasteiger partial charge in [0.05, 0.1) is 0 Å². The van der Waals surface area contributed by atoms with Gasteiger partial charge in [-0.25, -0.2) is 0 Å². The van der Waals surface area contributed by atoms with Crippen molar-refractivity contribution in [3.05, 3.63) is 21.4 Å². The summed E-state index contributed by atoms with van der Waals surface area (Å²) in [5.74, 6) is 0. The molecule has 0 radical (unpaired) electrons. The SMILES string of the molecule is Cc1cc2c(s1)C(C)(C)CCC2(C)C. The number of hydrogen-bond acceptors (Lipinski definition) is 1. The minimum absolute atomic E-state index is 0.398. The molecule has 1 aromatic heterocycles. The molecule has 0 N–H and O–H groups in total. The molecule has 0 aliphatic heterocycles. The van der Waals surface area contributed by atoms with Gasteiger partial charge in [0, 0.05) is 9.75 Å². The summed E-state index contributed by atoms with van der Waals surface area (Å²) in [6.45, 7) is 11.8. The summed E-state index contributed by atoms with van der Waals surface area (Å²) >= 11 is 2.00. The highest BCUT2D eigenvalue weighted by Crippen LogP contribution is 2.49. The Morgan fingerprint density at radius 1 is 1.07 bits per heavy atom. The molecule has 0 spiro atoms. The van der Waals surface area contributed by atoms with Crippen LogP contribution >= 0.6 is 11.3 Å². The van der Waals surface area contributed by atoms with Crippen LogP contribution in [0.2, 0.25) is 0 Å². The zero-order valence-corrected chi connectivity index (χ0v) is 10.7. The minimum atomic E-state index is 0.398. The molecule has 14 heavy (non-hydrogen) atoms. The summed E-state index contributed by atoms with van der Waals surface area (Å²) in [4.78, 5) is 3.10. The molecule has 2 rings (SSSR count). The van der Waals surface area contributed by atoms with E-state index in [1.165, 1.54) is 17.7 Å². The second-order valence-electron chi connectivity index (χ2n) is 5.87. The maximum Gasteiger partial charge on any atom is 0.0142 e. The lowest BCUT2D eigenvalue weighted by Crippen LogP contribution is -2.31. The van der Waals surface area contributed by atoms with Gasteiger partial charge in [0.25, 0.3) is 0 Å². The van der Waals surface area contributed by atoms with Crippen LogP contribution in [0, 0.1) is 6.92 Å². The van der Waals surface area contributed by atoms with E-state index in [0.717, 1.165) is 0 Å². The van der Waals surface area contributed by atoms with Crippen LogP contribution in [0.4, 0.5) is 0 Å². The Morgan fingerprint density at radius 2 is 1.64 bits per heavy atom. The van der Waals surface area contributed by atoms with E-state index in [1.807, 2.05) is 11.3 Å². The zero-order valence-electron chi connectivity index (χ0n) is 9.90. The van der Waals surface area contributed by atoms with Gasteiger partial charge in [-0.3, -0.25) is 0 Å². The van der Waals surface area contributed by atoms with Crippen molar-refractivity contribution < 1.29 is 0 Å². The molecule has 0 saturated carbocycles. The summed E-state index contributed by atoms with van der Waals surface area (Å²) in [5, 5.41) is 0. The van der Waals surface area contributed by atoms with Gasteiger partial charge in [-0.05, 0) is 42.2 Å². The monoisotopic (exact) mass is 208 g/mol. The minimum Gasteiger partial charge on any atom is -0.145 e. The van der Waals surface area contributed by atoms with Crippen LogP contribution < -0.4 is 0 Å². The number of rotatable bonds is 0. The van der Waals surface area contributed by atoms with Crippen molar-refractivity contribution in [2.24, 2.45) is 0 Å². The third-order valence-electron chi connectivity index (χ3n) is 3.57. The van der Waals surface area contributed by atoms with E-state index in [1.54, 1.807) is 10.4 Å². The van der Waals surface area contributed by atoms with Gasteiger partial charge in [-0.1, -0.05) is 27.7 Å². The Labute approximate surface area is 91.4 Å². The van der Waals surface area contributed by atoms with E-state index >= 15 is 0 Å². The molecule has 0 atom stereocenters. The fraction of sp³-hybridized carbons (Fsp3) is 0.692. The normalized spacial score (nSPS) is 23.2. The number of aryl methyl sites for hydroxylation is 1. The average Bonchev–Trinajstić information content (AvgIpc) is 2.44. The zero-order chi connectivity index (χ0) is 10.6. The lowest BCUT2D eigenvalue weighted by molar-refractivity contribution is 0.339. The Kier molecular flexibility index (Phi) is 2.08. The van der Waals surface area contributed by atoms with Gasteiger partial charge in [0.1, 0.15) is 0 Å². The fourth-order valence-electron chi connectivity index (χ4n) is 2.39. The highest BCUT2D eigenvalue weighted by Gasteiger charge is 2.38. The first-order chi connectivity index (χ1) is 6.33. The van der Waals surface area contributed by atoms with Crippen molar-refractivity contribution in [3.8, 4) is 0 Å². The van der Waals surface area contributed by atoms with Crippen LogP contribution in [-0.4, -0.2) is 0 Å². The van der Waals surface area contributed by atoms with E-state index in [9.17, 15) is 0 Å². The van der Waals surface area contributed by atoms with E-state index in [2.05, 4.69) is 40.7 Å². The predicted octanol–water partition coefficient (Wildman–Crippen LogP) is 4.41. The van der Waals surface area contributed by atoms with Gasteiger partial charge in [-0.2, -0.15) is 0 Å². The molecule has 0 bridgehead atoms. The van der Waals surface area contributed by atoms with Crippen LogP contribution in [0.25, 0.3) is 0 Å². The fourth-order valence-corrected chi connectivity index (χ4v) is 3.72. The molecule has 78 valence electrons. The molecular formula is C13H20S. The molecule has 1 heteroatoms. The molecule has 0 fully saturated rings. The molecule has 0 aromatic carbocycles. The molecule has 1 aliphatic rings. The van der Waals surface area contributed by atoms with Crippen molar-refractivity contribution in [1.82, 2.24) is 0 Å². The van der Waals surface area contributed by atoms with E-state index < -0.39 is 0 Å². The largest absolute Gasteiger partial charge is 0.145 e. The highest BCUT2D eigenvalue weighted by atomic mass is 32.1.